The molecule has 0 spiro atoms. The van der Waals surface area contributed by atoms with Crippen molar-refractivity contribution in [3.05, 3.63) is 35.4 Å². The summed E-state index contributed by atoms with van der Waals surface area (Å²) in [6, 6.07) is 9.17. The molecule has 1 aromatic rings. The van der Waals surface area contributed by atoms with Crippen molar-refractivity contribution < 1.29 is 0 Å². The summed E-state index contributed by atoms with van der Waals surface area (Å²) in [6.45, 7) is 6.69. The highest BCUT2D eigenvalue weighted by Crippen LogP contribution is 2.17. The van der Waals surface area contributed by atoms with Gasteiger partial charge in [-0.1, -0.05) is 45.0 Å². The van der Waals surface area contributed by atoms with Crippen molar-refractivity contribution in [2.45, 2.75) is 39.2 Å². The molecular weight excluding hydrogens is 226 g/mol. The standard InChI is InChI=1S/C15H25NS/c1-11(2)14-7-5-13(6-8-14)9-15(16)12(3)10-17-4/h5-8,11-12,15H,9-10,16H2,1-4H3. The zero-order valence-electron chi connectivity index (χ0n) is 11.4. The monoisotopic (exact) mass is 251 g/mol. The van der Waals surface area contributed by atoms with Crippen LogP contribution in [0.2, 0.25) is 0 Å². The number of benzene rings is 1. The van der Waals surface area contributed by atoms with Crippen molar-refractivity contribution in [2.24, 2.45) is 11.7 Å². The molecule has 2 N–H and O–H groups in total. The van der Waals surface area contributed by atoms with Gasteiger partial charge in [-0.2, -0.15) is 11.8 Å². The molecule has 1 aromatic carbocycles. The van der Waals surface area contributed by atoms with Crippen molar-refractivity contribution in [1.82, 2.24) is 0 Å². The maximum absolute atomic E-state index is 6.22. The SMILES string of the molecule is CSCC(C)C(N)Cc1ccc(C(C)C)cc1. The van der Waals surface area contributed by atoms with Gasteiger partial charge in [0, 0.05) is 6.04 Å². The van der Waals surface area contributed by atoms with Gasteiger partial charge in [0.05, 0.1) is 0 Å². The summed E-state index contributed by atoms with van der Waals surface area (Å²) in [5.74, 6) is 2.33. The van der Waals surface area contributed by atoms with Crippen LogP contribution in [0, 0.1) is 5.92 Å². The Morgan fingerprint density at radius 1 is 1.12 bits per heavy atom. The van der Waals surface area contributed by atoms with Gasteiger partial charge >= 0.3 is 0 Å². The molecule has 17 heavy (non-hydrogen) atoms. The second-order valence-corrected chi connectivity index (χ2v) is 6.11. The summed E-state index contributed by atoms with van der Waals surface area (Å²) in [5.41, 5.74) is 8.98. The van der Waals surface area contributed by atoms with E-state index in [0.29, 0.717) is 11.8 Å². The maximum Gasteiger partial charge on any atom is 0.0113 e. The van der Waals surface area contributed by atoms with E-state index in [4.69, 9.17) is 5.73 Å². The van der Waals surface area contributed by atoms with Crippen LogP contribution in [0.5, 0.6) is 0 Å². The zero-order chi connectivity index (χ0) is 12.8. The van der Waals surface area contributed by atoms with E-state index in [1.54, 1.807) is 0 Å². The minimum absolute atomic E-state index is 0.271. The van der Waals surface area contributed by atoms with Crippen molar-refractivity contribution >= 4 is 11.8 Å². The fourth-order valence-electron chi connectivity index (χ4n) is 1.90. The van der Waals surface area contributed by atoms with Crippen LogP contribution in [0.25, 0.3) is 0 Å². The van der Waals surface area contributed by atoms with Crippen LogP contribution in [-0.2, 0) is 6.42 Å². The minimum Gasteiger partial charge on any atom is -0.327 e. The van der Waals surface area contributed by atoms with E-state index in [9.17, 15) is 0 Å². The second kappa shape index (κ2) is 7.07. The summed E-state index contributed by atoms with van der Waals surface area (Å²) in [5, 5.41) is 0. The first-order chi connectivity index (χ1) is 8.04. The van der Waals surface area contributed by atoms with E-state index in [-0.39, 0.29) is 6.04 Å². The van der Waals surface area contributed by atoms with E-state index in [1.165, 1.54) is 11.1 Å². The average molecular weight is 251 g/mol. The first-order valence-corrected chi connectivity index (χ1v) is 7.77. The van der Waals surface area contributed by atoms with Gasteiger partial charge < -0.3 is 5.73 Å². The Labute approximate surface area is 110 Å². The summed E-state index contributed by atoms with van der Waals surface area (Å²) in [4.78, 5) is 0. The second-order valence-electron chi connectivity index (χ2n) is 5.20. The van der Waals surface area contributed by atoms with Gasteiger partial charge in [-0.25, -0.2) is 0 Å². The van der Waals surface area contributed by atoms with Gasteiger partial charge in [-0.3, -0.25) is 0 Å². The third kappa shape index (κ3) is 4.72. The van der Waals surface area contributed by atoms with E-state index in [0.717, 1.165) is 12.2 Å². The van der Waals surface area contributed by atoms with Gasteiger partial charge in [-0.15, -0.1) is 0 Å². The first kappa shape index (κ1) is 14.6. The molecule has 0 saturated heterocycles. The maximum atomic E-state index is 6.22. The molecule has 0 bridgehead atoms. The topological polar surface area (TPSA) is 26.0 Å². The molecule has 0 radical (unpaired) electrons. The molecule has 0 aromatic heterocycles. The molecule has 0 aliphatic rings. The Bertz CT molecular complexity index is 318. The van der Waals surface area contributed by atoms with Crippen LogP contribution >= 0.6 is 11.8 Å². The summed E-state index contributed by atoms with van der Waals surface area (Å²) >= 11 is 1.87. The average Bonchev–Trinajstić information content (AvgIpc) is 2.30. The molecule has 2 atom stereocenters. The Morgan fingerprint density at radius 3 is 2.18 bits per heavy atom. The van der Waals surface area contributed by atoms with E-state index in [2.05, 4.69) is 51.3 Å². The normalized spacial score (nSPS) is 14.9. The van der Waals surface area contributed by atoms with Crippen molar-refractivity contribution in [1.29, 1.82) is 0 Å². The quantitative estimate of drug-likeness (QED) is 0.834. The Hall–Kier alpha value is -0.470. The van der Waals surface area contributed by atoms with E-state index in [1.807, 2.05) is 11.8 Å². The van der Waals surface area contributed by atoms with E-state index < -0.39 is 0 Å². The van der Waals surface area contributed by atoms with Crippen molar-refractivity contribution in [3.8, 4) is 0 Å². The number of hydrogen-bond donors (Lipinski definition) is 1. The largest absolute Gasteiger partial charge is 0.327 e. The molecule has 2 heteroatoms. The van der Waals surface area contributed by atoms with Crippen LogP contribution < -0.4 is 5.73 Å². The molecule has 0 heterocycles. The highest BCUT2D eigenvalue weighted by Gasteiger charge is 2.12. The fraction of sp³-hybridized carbons (Fsp3) is 0.600. The predicted molar refractivity (Wildman–Crippen MR) is 79.8 cm³/mol. The number of nitrogens with two attached hydrogens (primary N) is 1. The van der Waals surface area contributed by atoms with Crippen LogP contribution in [0.15, 0.2) is 24.3 Å². The van der Waals surface area contributed by atoms with Gasteiger partial charge in [0.25, 0.3) is 0 Å². The highest BCUT2D eigenvalue weighted by atomic mass is 32.2. The van der Waals surface area contributed by atoms with Gasteiger partial charge in [0.2, 0.25) is 0 Å². The predicted octanol–water partition coefficient (Wildman–Crippen LogP) is 3.68. The van der Waals surface area contributed by atoms with Crippen LogP contribution in [0.4, 0.5) is 0 Å². The molecule has 0 aliphatic carbocycles. The molecule has 0 saturated carbocycles. The minimum atomic E-state index is 0.271. The number of rotatable bonds is 6. The van der Waals surface area contributed by atoms with E-state index >= 15 is 0 Å². The summed E-state index contributed by atoms with van der Waals surface area (Å²) in [6.07, 6.45) is 3.13. The summed E-state index contributed by atoms with van der Waals surface area (Å²) in [7, 11) is 0. The van der Waals surface area contributed by atoms with Crippen LogP contribution in [0.1, 0.15) is 37.8 Å². The summed E-state index contributed by atoms with van der Waals surface area (Å²) < 4.78 is 0. The number of thioether (sulfide) groups is 1. The lowest BCUT2D eigenvalue weighted by atomic mass is 9.95. The lowest BCUT2D eigenvalue weighted by molar-refractivity contribution is 0.498. The van der Waals surface area contributed by atoms with Crippen LogP contribution in [-0.4, -0.2) is 18.1 Å². The molecule has 1 rings (SSSR count). The first-order valence-electron chi connectivity index (χ1n) is 6.38. The highest BCUT2D eigenvalue weighted by molar-refractivity contribution is 7.98. The molecule has 0 fully saturated rings. The molecule has 0 aliphatic heterocycles. The van der Waals surface area contributed by atoms with Crippen LogP contribution in [0.3, 0.4) is 0 Å². The third-order valence-corrected chi connectivity index (χ3v) is 4.14. The molecule has 0 amide bonds. The Kier molecular flexibility index (Phi) is 6.07. The van der Waals surface area contributed by atoms with Gasteiger partial charge in [0.15, 0.2) is 0 Å². The smallest absolute Gasteiger partial charge is 0.0113 e. The molecular formula is C15H25NS. The van der Waals surface area contributed by atoms with Gasteiger partial charge in [0.1, 0.15) is 0 Å². The molecule has 2 unspecified atom stereocenters. The van der Waals surface area contributed by atoms with Gasteiger partial charge in [-0.05, 0) is 41.4 Å². The lowest BCUT2D eigenvalue weighted by Gasteiger charge is -2.19. The molecule has 1 nitrogen and oxygen atoms in total. The fourth-order valence-corrected chi connectivity index (χ4v) is 2.67. The lowest BCUT2D eigenvalue weighted by Crippen LogP contribution is -2.31. The Balaban J connectivity index is 2.56. The number of hydrogen-bond acceptors (Lipinski definition) is 2. The van der Waals surface area contributed by atoms with Crippen molar-refractivity contribution in [3.63, 3.8) is 0 Å². The third-order valence-electron chi connectivity index (χ3n) is 3.28. The van der Waals surface area contributed by atoms with Crippen molar-refractivity contribution in [2.75, 3.05) is 12.0 Å². The molecule has 96 valence electrons. The zero-order valence-corrected chi connectivity index (χ0v) is 12.3. The Morgan fingerprint density at radius 2 is 1.71 bits per heavy atom.